The Morgan fingerprint density at radius 1 is 0.850 bits per heavy atom. The summed E-state index contributed by atoms with van der Waals surface area (Å²) in [5.41, 5.74) is 0. The van der Waals surface area contributed by atoms with Gasteiger partial charge in [0.05, 0.1) is 6.07 Å². The number of nitriles is 1. The highest BCUT2D eigenvalue weighted by Gasteiger charge is 2.00. The molecular weight excluding hydrogens is 266 g/mol. The molecule has 3 heteroatoms. The van der Waals surface area contributed by atoms with E-state index in [1.54, 1.807) is 0 Å². The van der Waals surface area contributed by atoms with Crippen LogP contribution in [0.3, 0.4) is 0 Å². The van der Waals surface area contributed by atoms with Gasteiger partial charge in [-0.3, -0.25) is 4.79 Å². The molecule has 0 N–H and O–H groups in total. The number of rotatable bonds is 14. The van der Waals surface area contributed by atoms with Crippen LogP contribution < -0.4 is 0 Å². The zero-order chi connectivity index (χ0) is 14.9. The molecule has 116 valence electrons. The van der Waals surface area contributed by atoms with Gasteiger partial charge in [0.2, 0.25) is 5.12 Å². The van der Waals surface area contributed by atoms with Crippen molar-refractivity contribution >= 4 is 16.9 Å². The normalized spacial score (nSPS) is 10.4. The van der Waals surface area contributed by atoms with Gasteiger partial charge in [-0.15, -0.1) is 0 Å². The number of hydrogen-bond donors (Lipinski definition) is 0. The average Bonchev–Trinajstić information content (AvgIpc) is 2.44. The molecule has 0 spiro atoms. The standard InChI is InChI=1S/C17H31NOS/c1-2-3-4-5-6-7-8-9-10-11-12-13-16-20-17(19)14-15-18/h2-14,16H2,1H3. The van der Waals surface area contributed by atoms with Gasteiger partial charge in [0.15, 0.2) is 0 Å². The lowest BCUT2D eigenvalue weighted by Gasteiger charge is -2.02. The van der Waals surface area contributed by atoms with E-state index in [0.717, 1.165) is 12.2 Å². The van der Waals surface area contributed by atoms with Crippen molar-refractivity contribution in [2.24, 2.45) is 0 Å². The Bertz CT molecular complexity index is 260. The van der Waals surface area contributed by atoms with Crippen LogP contribution in [0.2, 0.25) is 0 Å². The van der Waals surface area contributed by atoms with Gasteiger partial charge in [-0.25, -0.2) is 0 Å². The highest BCUT2D eigenvalue weighted by molar-refractivity contribution is 8.13. The lowest BCUT2D eigenvalue weighted by Crippen LogP contribution is -1.91. The third kappa shape index (κ3) is 15.6. The SMILES string of the molecule is CCCCCCCCCCCCCCSC(=O)CC#N. The lowest BCUT2D eigenvalue weighted by molar-refractivity contribution is -0.110. The quantitative estimate of drug-likeness (QED) is 0.377. The van der Waals surface area contributed by atoms with Crippen molar-refractivity contribution in [2.45, 2.75) is 90.4 Å². The van der Waals surface area contributed by atoms with Crippen LogP contribution in [0.1, 0.15) is 90.4 Å². The summed E-state index contributed by atoms with van der Waals surface area (Å²) >= 11 is 1.32. The van der Waals surface area contributed by atoms with Gasteiger partial charge in [-0.2, -0.15) is 5.26 Å². The summed E-state index contributed by atoms with van der Waals surface area (Å²) in [4.78, 5) is 11.1. The summed E-state index contributed by atoms with van der Waals surface area (Å²) in [6.45, 7) is 2.26. The van der Waals surface area contributed by atoms with Gasteiger partial charge in [0, 0.05) is 5.75 Å². The topological polar surface area (TPSA) is 40.9 Å². The molecule has 0 atom stereocenters. The van der Waals surface area contributed by atoms with Gasteiger partial charge in [-0.1, -0.05) is 89.3 Å². The van der Waals surface area contributed by atoms with E-state index >= 15 is 0 Å². The summed E-state index contributed by atoms with van der Waals surface area (Å²) in [5, 5.41) is 8.38. The maximum absolute atomic E-state index is 11.1. The molecule has 0 rings (SSSR count). The molecule has 0 aliphatic rings. The maximum Gasteiger partial charge on any atom is 0.202 e. The zero-order valence-electron chi connectivity index (χ0n) is 13.2. The molecule has 0 fully saturated rings. The number of nitrogens with zero attached hydrogens (tertiary/aromatic N) is 1. The summed E-state index contributed by atoms with van der Waals surface area (Å²) in [6.07, 6.45) is 16.2. The van der Waals surface area contributed by atoms with E-state index in [-0.39, 0.29) is 11.5 Å². The smallest absolute Gasteiger partial charge is 0.202 e. The van der Waals surface area contributed by atoms with Gasteiger partial charge in [0.1, 0.15) is 6.42 Å². The van der Waals surface area contributed by atoms with Crippen LogP contribution in [0.4, 0.5) is 0 Å². The Balaban J connectivity index is 3.03. The first-order valence-electron chi connectivity index (χ1n) is 8.33. The Labute approximate surface area is 129 Å². The Morgan fingerprint density at radius 2 is 1.30 bits per heavy atom. The first-order valence-corrected chi connectivity index (χ1v) is 9.32. The molecule has 0 saturated heterocycles. The van der Waals surface area contributed by atoms with E-state index in [4.69, 9.17) is 5.26 Å². The van der Waals surface area contributed by atoms with Gasteiger partial charge in [0.25, 0.3) is 0 Å². The maximum atomic E-state index is 11.1. The van der Waals surface area contributed by atoms with Gasteiger partial charge < -0.3 is 0 Å². The van der Waals surface area contributed by atoms with E-state index in [0.29, 0.717) is 0 Å². The zero-order valence-corrected chi connectivity index (χ0v) is 14.0. The molecule has 20 heavy (non-hydrogen) atoms. The highest BCUT2D eigenvalue weighted by atomic mass is 32.2. The van der Waals surface area contributed by atoms with Crippen molar-refractivity contribution in [1.82, 2.24) is 0 Å². The molecule has 0 unspecified atom stereocenters. The monoisotopic (exact) mass is 297 g/mol. The summed E-state index contributed by atoms with van der Waals surface area (Å²) in [6, 6.07) is 1.89. The predicted molar refractivity (Wildman–Crippen MR) is 88.8 cm³/mol. The van der Waals surface area contributed by atoms with Crippen molar-refractivity contribution in [3.05, 3.63) is 0 Å². The average molecular weight is 298 g/mol. The van der Waals surface area contributed by atoms with Crippen molar-refractivity contribution < 1.29 is 4.79 Å². The minimum Gasteiger partial charge on any atom is -0.286 e. The van der Waals surface area contributed by atoms with Crippen LogP contribution in [0.5, 0.6) is 0 Å². The van der Waals surface area contributed by atoms with Crippen molar-refractivity contribution in [2.75, 3.05) is 5.75 Å². The summed E-state index contributed by atoms with van der Waals surface area (Å²) in [7, 11) is 0. The van der Waals surface area contributed by atoms with Crippen LogP contribution in [0, 0.1) is 11.3 Å². The van der Waals surface area contributed by atoms with Crippen LogP contribution >= 0.6 is 11.8 Å². The minimum atomic E-state index is 0.0237. The first-order chi connectivity index (χ1) is 9.81. The number of hydrogen-bond acceptors (Lipinski definition) is 3. The van der Waals surface area contributed by atoms with E-state index in [9.17, 15) is 4.79 Å². The number of carbonyl (C=O) groups excluding carboxylic acids is 1. The molecule has 0 aromatic carbocycles. The van der Waals surface area contributed by atoms with Crippen LogP contribution in [0.15, 0.2) is 0 Å². The van der Waals surface area contributed by atoms with Gasteiger partial charge >= 0.3 is 0 Å². The molecule has 2 nitrogen and oxygen atoms in total. The molecule has 0 bridgehead atoms. The third-order valence-electron chi connectivity index (χ3n) is 3.48. The molecular formula is C17H31NOS. The van der Waals surface area contributed by atoms with Crippen LogP contribution in [-0.2, 0) is 4.79 Å². The van der Waals surface area contributed by atoms with Crippen molar-refractivity contribution in [3.63, 3.8) is 0 Å². The molecule has 0 aliphatic carbocycles. The lowest BCUT2D eigenvalue weighted by atomic mass is 10.1. The van der Waals surface area contributed by atoms with E-state index in [2.05, 4.69) is 6.92 Å². The first kappa shape index (κ1) is 19.5. The molecule has 0 aliphatic heterocycles. The predicted octanol–water partition coefficient (Wildman–Crippen LogP) is 5.86. The summed E-state index contributed by atoms with van der Waals surface area (Å²) in [5.74, 6) is 0.887. The number of thioether (sulfide) groups is 1. The van der Waals surface area contributed by atoms with Crippen LogP contribution in [-0.4, -0.2) is 10.9 Å². The molecule has 0 radical (unpaired) electrons. The Kier molecular flexibility index (Phi) is 16.2. The third-order valence-corrected chi connectivity index (χ3v) is 4.44. The van der Waals surface area contributed by atoms with E-state index in [1.807, 2.05) is 6.07 Å². The summed E-state index contributed by atoms with van der Waals surface area (Å²) < 4.78 is 0. The minimum absolute atomic E-state index is 0.0237. The number of unbranched alkanes of at least 4 members (excludes halogenated alkanes) is 11. The Morgan fingerprint density at radius 3 is 1.75 bits per heavy atom. The molecule has 0 heterocycles. The van der Waals surface area contributed by atoms with E-state index < -0.39 is 0 Å². The molecule has 0 saturated carbocycles. The highest BCUT2D eigenvalue weighted by Crippen LogP contribution is 2.13. The van der Waals surface area contributed by atoms with Crippen molar-refractivity contribution in [1.29, 1.82) is 5.26 Å². The van der Waals surface area contributed by atoms with Crippen LogP contribution in [0.25, 0.3) is 0 Å². The fourth-order valence-electron chi connectivity index (χ4n) is 2.24. The van der Waals surface area contributed by atoms with Crippen molar-refractivity contribution in [3.8, 4) is 6.07 Å². The second kappa shape index (κ2) is 16.6. The Hall–Kier alpha value is -0.490. The molecule has 0 aromatic heterocycles. The van der Waals surface area contributed by atoms with E-state index in [1.165, 1.54) is 82.4 Å². The second-order valence-corrected chi connectivity index (χ2v) is 6.60. The fourth-order valence-corrected chi connectivity index (χ4v) is 2.99. The second-order valence-electron chi connectivity index (χ2n) is 5.44. The molecule has 0 aromatic rings. The largest absolute Gasteiger partial charge is 0.286 e. The fraction of sp³-hybridized carbons (Fsp3) is 0.882. The molecule has 0 amide bonds. The number of carbonyl (C=O) groups is 1. The van der Waals surface area contributed by atoms with Gasteiger partial charge in [-0.05, 0) is 6.42 Å².